The van der Waals surface area contributed by atoms with Gasteiger partial charge < -0.3 is 0 Å². The summed E-state index contributed by atoms with van der Waals surface area (Å²) in [7, 11) is 4.44. The highest BCUT2D eigenvalue weighted by molar-refractivity contribution is 6.33. The van der Waals surface area contributed by atoms with Gasteiger partial charge >= 0.3 is 0 Å². The fourth-order valence-corrected chi connectivity index (χ4v) is 4.37. The van der Waals surface area contributed by atoms with Crippen molar-refractivity contribution >= 4 is 26.6 Å². The van der Waals surface area contributed by atoms with Crippen molar-refractivity contribution in [3.63, 3.8) is 0 Å². The summed E-state index contributed by atoms with van der Waals surface area (Å²) in [6.07, 6.45) is 9.49. The third-order valence-corrected chi connectivity index (χ3v) is 5.86. The summed E-state index contributed by atoms with van der Waals surface area (Å²) in [5, 5.41) is 0. The number of unbranched alkanes of at least 4 members (excludes halogenated alkanes) is 5. The van der Waals surface area contributed by atoms with Gasteiger partial charge in [0.05, 0.1) is 0 Å². The van der Waals surface area contributed by atoms with Crippen LogP contribution >= 0.6 is 0 Å². The summed E-state index contributed by atoms with van der Waals surface area (Å²) in [6.45, 7) is 4.76. The van der Waals surface area contributed by atoms with Gasteiger partial charge in [-0.15, -0.1) is 0 Å². The lowest BCUT2D eigenvalue weighted by Gasteiger charge is -2.28. The summed E-state index contributed by atoms with van der Waals surface area (Å²) >= 11 is 0. The molecule has 0 unspecified atom stereocenters. The van der Waals surface area contributed by atoms with E-state index in [1.165, 1.54) is 67.0 Å². The van der Waals surface area contributed by atoms with E-state index in [-0.39, 0.29) is 5.41 Å². The maximum Gasteiger partial charge on any atom is 0.139 e. The molecule has 2 aromatic rings. The average Bonchev–Trinajstić information content (AvgIpc) is 2.80. The topological polar surface area (TPSA) is 0 Å². The first-order chi connectivity index (χ1) is 11.6. The zero-order chi connectivity index (χ0) is 17.2. The molecule has 0 saturated heterocycles. The molecular weight excluding hydrogens is 286 g/mol. The molecule has 0 radical (unpaired) electrons. The first-order valence-electron chi connectivity index (χ1n) is 9.79. The van der Waals surface area contributed by atoms with Crippen molar-refractivity contribution in [1.82, 2.24) is 0 Å². The minimum absolute atomic E-state index is 0.188. The molecule has 0 N–H and O–H groups in total. The second-order valence-corrected chi connectivity index (χ2v) is 7.95. The van der Waals surface area contributed by atoms with Crippen molar-refractivity contribution in [3.05, 3.63) is 47.5 Å². The van der Waals surface area contributed by atoms with Crippen molar-refractivity contribution < 1.29 is 0 Å². The van der Waals surface area contributed by atoms with Crippen LogP contribution in [0.15, 0.2) is 36.4 Å². The minimum atomic E-state index is 0.188. The van der Waals surface area contributed by atoms with Crippen LogP contribution in [0.1, 0.15) is 69.9 Å². The molecule has 0 aliphatic heterocycles. The molecule has 0 aromatic heterocycles. The van der Waals surface area contributed by atoms with Gasteiger partial charge in [-0.2, -0.15) is 0 Å². The standard InChI is InChI=1S/C22H30B2/c1-3-4-5-6-7-8-13-22(2)20-14-16(23)9-11-18(20)19-12-10-17(24)15-21(19)22/h9-12,14-15H,3-8,13,23-24H2,1-2H3. The Labute approximate surface area is 149 Å². The van der Waals surface area contributed by atoms with Crippen LogP contribution in [0, 0.1) is 0 Å². The molecule has 0 saturated carbocycles. The largest absolute Gasteiger partial charge is 0.139 e. The Hall–Kier alpha value is -1.43. The molecule has 24 heavy (non-hydrogen) atoms. The molecule has 124 valence electrons. The first kappa shape index (κ1) is 17.4. The Morgan fingerprint density at radius 3 is 1.79 bits per heavy atom. The highest BCUT2D eigenvalue weighted by atomic mass is 14.4. The van der Waals surface area contributed by atoms with Crippen LogP contribution in [0.2, 0.25) is 0 Å². The minimum Gasteiger partial charge on any atom is -0.0886 e. The summed E-state index contributed by atoms with van der Waals surface area (Å²) < 4.78 is 0. The number of fused-ring (bicyclic) bond motifs is 3. The molecule has 0 amide bonds. The van der Waals surface area contributed by atoms with Gasteiger partial charge in [-0.1, -0.05) is 99.7 Å². The quantitative estimate of drug-likeness (QED) is 0.543. The second kappa shape index (κ2) is 7.21. The van der Waals surface area contributed by atoms with Crippen molar-refractivity contribution in [2.45, 2.75) is 64.2 Å². The van der Waals surface area contributed by atoms with E-state index in [0.29, 0.717) is 0 Å². The van der Waals surface area contributed by atoms with Crippen molar-refractivity contribution in [2.75, 3.05) is 0 Å². The first-order valence-corrected chi connectivity index (χ1v) is 9.79. The van der Waals surface area contributed by atoms with Crippen LogP contribution in [-0.2, 0) is 5.41 Å². The molecule has 1 aliphatic rings. The fourth-order valence-electron chi connectivity index (χ4n) is 4.37. The molecular formula is C22H30B2. The van der Waals surface area contributed by atoms with Gasteiger partial charge in [0, 0.05) is 5.41 Å². The third kappa shape index (κ3) is 3.21. The zero-order valence-electron chi connectivity index (χ0n) is 15.9. The van der Waals surface area contributed by atoms with Gasteiger partial charge in [-0.3, -0.25) is 0 Å². The number of benzene rings is 2. The van der Waals surface area contributed by atoms with E-state index in [2.05, 4.69) is 65.9 Å². The lowest BCUT2D eigenvalue weighted by Crippen LogP contribution is -2.23. The molecule has 1 aliphatic carbocycles. The van der Waals surface area contributed by atoms with Crippen LogP contribution in [0.3, 0.4) is 0 Å². The normalized spacial score (nSPS) is 14.4. The molecule has 0 spiro atoms. The van der Waals surface area contributed by atoms with E-state index in [9.17, 15) is 0 Å². The Balaban J connectivity index is 1.86. The predicted octanol–water partition coefficient (Wildman–Crippen LogP) is 3.24. The van der Waals surface area contributed by atoms with Gasteiger partial charge in [0.15, 0.2) is 0 Å². The summed E-state index contributed by atoms with van der Waals surface area (Å²) in [4.78, 5) is 0. The highest BCUT2D eigenvalue weighted by Gasteiger charge is 2.38. The van der Waals surface area contributed by atoms with E-state index in [4.69, 9.17) is 0 Å². The van der Waals surface area contributed by atoms with Gasteiger partial charge in [0.1, 0.15) is 15.7 Å². The maximum absolute atomic E-state index is 2.47. The molecule has 2 heteroatoms. The Bertz CT molecular complexity index is 666. The third-order valence-electron chi connectivity index (χ3n) is 5.86. The van der Waals surface area contributed by atoms with Gasteiger partial charge in [-0.25, -0.2) is 0 Å². The molecule has 2 aromatic carbocycles. The smallest absolute Gasteiger partial charge is 0.0886 e. The van der Waals surface area contributed by atoms with E-state index in [0.717, 1.165) is 0 Å². The number of hydrogen-bond acceptors (Lipinski definition) is 0. The van der Waals surface area contributed by atoms with Gasteiger partial charge in [-0.05, 0) is 28.7 Å². The molecule has 0 nitrogen and oxygen atoms in total. The van der Waals surface area contributed by atoms with Crippen LogP contribution in [0.4, 0.5) is 0 Å². The predicted molar refractivity (Wildman–Crippen MR) is 113 cm³/mol. The van der Waals surface area contributed by atoms with Crippen LogP contribution in [0.5, 0.6) is 0 Å². The average molecular weight is 316 g/mol. The monoisotopic (exact) mass is 316 g/mol. The number of rotatable bonds is 7. The molecule has 3 rings (SSSR count). The van der Waals surface area contributed by atoms with Crippen LogP contribution < -0.4 is 10.9 Å². The molecule has 0 heterocycles. The molecule has 0 atom stereocenters. The second-order valence-electron chi connectivity index (χ2n) is 7.95. The van der Waals surface area contributed by atoms with E-state index >= 15 is 0 Å². The molecule has 0 bridgehead atoms. The zero-order valence-corrected chi connectivity index (χ0v) is 15.9. The van der Waals surface area contributed by atoms with Crippen LogP contribution in [0.25, 0.3) is 11.1 Å². The summed E-state index contributed by atoms with van der Waals surface area (Å²) in [5.41, 5.74) is 8.98. The fraction of sp³-hybridized carbons (Fsp3) is 0.455. The van der Waals surface area contributed by atoms with E-state index in [1.807, 2.05) is 0 Å². The SMILES string of the molecule is Bc1ccc2c(c1)C(C)(CCCCCCCC)c1cc(B)ccc1-2. The summed E-state index contributed by atoms with van der Waals surface area (Å²) in [6, 6.07) is 14.1. The Morgan fingerprint density at radius 2 is 1.25 bits per heavy atom. The Kier molecular flexibility index (Phi) is 5.23. The lowest BCUT2D eigenvalue weighted by atomic mass is 9.74. The van der Waals surface area contributed by atoms with E-state index in [1.54, 1.807) is 11.1 Å². The van der Waals surface area contributed by atoms with Crippen molar-refractivity contribution in [3.8, 4) is 11.1 Å². The van der Waals surface area contributed by atoms with E-state index < -0.39 is 0 Å². The molecule has 0 fully saturated rings. The van der Waals surface area contributed by atoms with Gasteiger partial charge in [0.2, 0.25) is 0 Å². The number of hydrogen-bond donors (Lipinski definition) is 0. The Morgan fingerprint density at radius 1 is 0.750 bits per heavy atom. The van der Waals surface area contributed by atoms with Crippen molar-refractivity contribution in [1.29, 1.82) is 0 Å². The van der Waals surface area contributed by atoms with Crippen LogP contribution in [-0.4, -0.2) is 15.7 Å². The summed E-state index contributed by atoms with van der Waals surface area (Å²) in [5.74, 6) is 0. The maximum atomic E-state index is 2.47. The lowest BCUT2D eigenvalue weighted by molar-refractivity contribution is 0.481. The highest BCUT2D eigenvalue weighted by Crippen LogP contribution is 2.50. The van der Waals surface area contributed by atoms with Crippen molar-refractivity contribution in [2.24, 2.45) is 0 Å². The van der Waals surface area contributed by atoms with Gasteiger partial charge in [0.25, 0.3) is 0 Å².